The van der Waals surface area contributed by atoms with E-state index in [0.29, 0.717) is 16.9 Å². The molecule has 2 rings (SSSR count). The number of aromatic amines is 1. The molecule has 0 spiro atoms. The summed E-state index contributed by atoms with van der Waals surface area (Å²) >= 11 is 1.40. The Kier molecular flexibility index (Phi) is 4.36. The van der Waals surface area contributed by atoms with Crippen molar-refractivity contribution in [1.29, 1.82) is 0 Å². The third-order valence-electron chi connectivity index (χ3n) is 2.46. The first-order chi connectivity index (χ1) is 9.08. The molecule has 19 heavy (non-hydrogen) atoms. The van der Waals surface area contributed by atoms with Gasteiger partial charge in [0, 0.05) is 18.7 Å². The number of rotatable bonds is 5. The number of H-pyrrole nitrogens is 1. The lowest BCUT2D eigenvalue weighted by atomic mass is 10.2. The van der Waals surface area contributed by atoms with Crippen LogP contribution in [-0.4, -0.2) is 20.2 Å². The van der Waals surface area contributed by atoms with Crippen LogP contribution >= 0.6 is 11.8 Å². The summed E-state index contributed by atoms with van der Waals surface area (Å²) in [5.74, 6) is 1.06. The van der Waals surface area contributed by atoms with E-state index in [0.717, 1.165) is 18.5 Å². The first kappa shape index (κ1) is 13.8. The van der Waals surface area contributed by atoms with Gasteiger partial charge in [-0.15, -0.1) is 10.2 Å². The van der Waals surface area contributed by atoms with Crippen LogP contribution in [-0.2, 0) is 6.42 Å². The molecule has 2 aromatic heterocycles. The average molecular weight is 280 g/mol. The third kappa shape index (κ3) is 3.66. The predicted molar refractivity (Wildman–Crippen MR) is 72.2 cm³/mol. The van der Waals surface area contributed by atoms with Gasteiger partial charge >= 0.3 is 0 Å². The van der Waals surface area contributed by atoms with Crippen LogP contribution in [0.5, 0.6) is 0 Å². The van der Waals surface area contributed by atoms with Crippen LogP contribution in [0.3, 0.4) is 0 Å². The molecule has 2 heterocycles. The molecule has 0 fully saturated rings. The predicted octanol–water partition coefficient (Wildman–Crippen LogP) is 2.27. The second-order valence-corrected chi connectivity index (χ2v) is 5.54. The quantitative estimate of drug-likeness (QED) is 0.668. The summed E-state index contributed by atoms with van der Waals surface area (Å²) in [6.07, 6.45) is 1.75. The molecule has 0 aliphatic carbocycles. The fraction of sp³-hybridized carbons (Fsp3) is 0.500. The molecular formula is C12H16N4O2S. The number of aryl methyl sites for hydroxylation is 2. The Bertz CT molecular complexity index is 608. The Morgan fingerprint density at radius 1 is 1.47 bits per heavy atom. The van der Waals surface area contributed by atoms with Gasteiger partial charge in [0.1, 0.15) is 0 Å². The van der Waals surface area contributed by atoms with Crippen molar-refractivity contribution < 1.29 is 4.42 Å². The van der Waals surface area contributed by atoms with E-state index in [1.807, 2.05) is 6.92 Å². The van der Waals surface area contributed by atoms with Crippen LogP contribution in [0.4, 0.5) is 0 Å². The summed E-state index contributed by atoms with van der Waals surface area (Å²) in [5.41, 5.74) is 0.678. The van der Waals surface area contributed by atoms with Gasteiger partial charge in [-0.2, -0.15) is 0 Å². The van der Waals surface area contributed by atoms with Crippen LogP contribution < -0.4 is 5.56 Å². The highest BCUT2D eigenvalue weighted by atomic mass is 32.2. The number of hydrogen-bond donors (Lipinski definition) is 1. The maximum atomic E-state index is 11.5. The maximum Gasteiger partial charge on any atom is 0.251 e. The van der Waals surface area contributed by atoms with Gasteiger partial charge in [-0.05, 0) is 13.3 Å². The van der Waals surface area contributed by atoms with Crippen molar-refractivity contribution in [3.8, 4) is 0 Å². The third-order valence-corrected chi connectivity index (χ3v) is 3.43. The fourth-order valence-electron chi connectivity index (χ4n) is 1.62. The maximum absolute atomic E-state index is 11.5. The van der Waals surface area contributed by atoms with Gasteiger partial charge in [0.25, 0.3) is 5.56 Å². The Morgan fingerprint density at radius 2 is 2.26 bits per heavy atom. The van der Waals surface area contributed by atoms with Crippen LogP contribution in [0.25, 0.3) is 0 Å². The topological polar surface area (TPSA) is 84.7 Å². The molecule has 0 aliphatic heterocycles. The number of nitrogens with one attached hydrogen (secondary N) is 1. The van der Waals surface area contributed by atoms with Crippen molar-refractivity contribution in [3.63, 3.8) is 0 Å². The minimum absolute atomic E-state index is 0.0544. The lowest BCUT2D eigenvalue weighted by Gasteiger charge is -2.06. The zero-order valence-corrected chi connectivity index (χ0v) is 12.0. The highest BCUT2D eigenvalue weighted by Gasteiger charge is 2.15. The second-order valence-electron chi connectivity index (χ2n) is 4.21. The summed E-state index contributed by atoms with van der Waals surface area (Å²) in [4.78, 5) is 18.7. The van der Waals surface area contributed by atoms with E-state index < -0.39 is 0 Å². The normalized spacial score (nSPS) is 12.6. The van der Waals surface area contributed by atoms with E-state index in [4.69, 9.17) is 4.42 Å². The van der Waals surface area contributed by atoms with E-state index in [9.17, 15) is 4.79 Å². The molecule has 0 saturated heterocycles. The highest BCUT2D eigenvalue weighted by Crippen LogP contribution is 2.31. The van der Waals surface area contributed by atoms with E-state index >= 15 is 0 Å². The lowest BCUT2D eigenvalue weighted by molar-refractivity contribution is 0.470. The van der Waals surface area contributed by atoms with Crippen LogP contribution in [0.1, 0.15) is 43.0 Å². The number of thioether (sulfide) groups is 1. The van der Waals surface area contributed by atoms with Gasteiger partial charge in [0.05, 0.1) is 5.25 Å². The lowest BCUT2D eigenvalue weighted by Crippen LogP contribution is -2.10. The van der Waals surface area contributed by atoms with Crippen molar-refractivity contribution in [2.45, 2.75) is 44.0 Å². The van der Waals surface area contributed by atoms with Gasteiger partial charge in [0.2, 0.25) is 11.8 Å². The van der Waals surface area contributed by atoms with Gasteiger partial charge in [-0.3, -0.25) is 4.79 Å². The van der Waals surface area contributed by atoms with E-state index in [2.05, 4.69) is 27.1 Å². The largest absolute Gasteiger partial charge is 0.424 e. The minimum Gasteiger partial charge on any atom is -0.424 e. The van der Waals surface area contributed by atoms with Gasteiger partial charge in [-0.25, -0.2) is 4.98 Å². The van der Waals surface area contributed by atoms with Crippen LogP contribution in [0.15, 0.2) is 20.4 Å². The molecule has 1 unspecified atom stereocenters. The summed E-state index contributed by atoms with van der Waals surface area (Å²) in [7, 11) is 0. The fourth-order valence-corrected chi connectivity index (χ4v) is 2.48. The second kappa shape index (κ2) is 6.01. The van der Waals surface area contributed by atoms with Gasteiger partial charge in [-0.1, -0.05) is 25.1 Å². The molecule has 0 amide bonds. The average Bonchev–Trinajstić information content (AvgIpc) is 2.75. The zero-order valence-electron chi connectivity index (χ0n) is 11.1. The molecule has 1 N–H and O–H groups in total. The molecule has 6 nitrogen and oxygen atoms in total. The number of hydrogen-bond acceptors (Lipinski definition) is 6. The Balaban J connectivity index is 2.16. The van der Waals surface area contributed by atoms with Crippen LogP contribution in [0, 0.1) is 6.92 Å². The Hall–Kier alpha value is -1.63. The molecule has 0 aliphatic rings. The number of aromatic nitrogens is 4. The summed E-state index contributed by atoms with van der Waals surface area (Å²) < 4.78 is 5.36. The standard InChI is InChI=1S/C12H16N4O2S/c1-4-5-9-6-10(17)14-12(13-9)19-7(2)11-16-15-8(3)18-11/h6-7H,4-5H2,1-3H3,(H,13,14,17). The van der Waals surface area contributed by atoms with Crippen molar-refractivity contribution >= 4 is 11.8 Å². The number of nitrogens with zero attached hydrogens (tertiary/aromatic N) is 3. The molecule has 0 saturated carbocycles. The van der Waals surface area contributed by atoms with Crippen molar-refractivity contribution in [2.75, 3.05) is 0 Å². The zero-order chi connectivity index (χ0) is 13.8. The summed E-state index contributed by atoms with van der Waals surface area (Å²) in [6.45, 7) is 5.74. The summed E-state index contributed by atoms with van der Waals surface area (Å²) in [5, 5.41) is 8.29. The molecule has 2 aromatic rings. The van der Waals surface area contributed by atoms with Crippen LogP contribution in [0.2, 0.25) is 0 Å². The monoisotopic (exact) mass is 280 g/mol. The molecule has 0 bridgehead atoms. The molecule has 1 atom stereocenters. The molecule has 0 radical (unpaired) electrons. The first-order valence-electron chi connectivity index (χ1n) is 6.15. The van der Waals surface area contributed by atoms with E-state index in [1.165, 1.54) is 17.8 Å². The first-order valence-corrected chi connectivity index (χ1v) is 7.03. The Labute approximate surface area is 115 Å². The smallest absolute Gasteiger partial charge is 0.251 e. The minimum atomic E-state index is -0.130. The van der Waals surface area contributed by atoms with Crippen molar-refractivity contribution in [2.24, 2.45) is 0 Å². The molecule has 7 heteroatoms. The van der Waals surface area contributed by atoms with Crippen molar-refractivity contribution in [3.05, 3.63) is 33.9 Å². The molecular weight excluding hydrogens is 264 g/mol. The Morgan fingerprint density at radius 3 is 2.89 bits per heavy atom. The van der Waals surface area contributed by atoms with Gasteiger partial charge < -0.3 is 9.40 Å². The highest BCUT2D eigenvalue weighted by molar-refractivity contribution is 7.99. The van der Waals surface area contributed by atoms with E-state index in [-0.39, 0.29) is 10.8 Å². The van der Waals surface area contributed by atoms with Crippen molar-refractivity contribution in [1.82, 2.24) is 20.2 Å². The van der Waals surface area contributed by atoms with Gasteiger partial charge in [0.15, 0.2) is 5.16 Å². The summed E-state index contributed by atoms with van der Waals surface area (Å²) in [6, 6.07) is 1.54. The molecule has 0 aromatic carbocycles. The molecule has 102 valence electrons. The SMILES string of the molecule is CCCc1cc(=O)[nH]c(SC(C)c2nnc(C)o2)n1. The van der Waals surface area contributed by atoms with E-state index in [1.54, 1.807) is 6.92 Å².